The molecule has 3 N–H and O–H groups in total. The average molecular weight is 350 g/mol. The molecule has 1 unspecified atom stereocenters. The fourth-order valence-corrected chi connectivity index (χ4v) is 2.25. The lowest BCUT2D eigenvalue weighted by Gasteiger charge is -2.25. The minimum atomic E-state index is -0.636. The van der Waals surface area contributed by atoms with E-state index < -0.39 is 17.7 Å². The summed E-state index contributed by atoms with van der Waals surface area (Å²) >= 11 is 0. The van der Waals surface area contributed by atoms with E-state index in [1.54, 1.807) is 32.9 Å². The second-order valence-electron chi connectivity index (χ2n) is 7.43. The lowest BCUT2D eigenvalue weighted by Crippen LogP contribution is -2.51. The van der Waals surface area contributed by atoms with Crippen molar-refractivity contribution >= 4 is 12.0 Å². The summed E-state index contributed by atoms with van der Waals surface area (Å²) in [4.78, 5) is 24.2. The highest BCUT2D eigenvalue weighted by molar-refractivity contribution is 5.85. The van der Waals surface area contributed by atoms with Gasteiger partial charge in [-0.15, -0.1) is 0 Å². The van der Waals surface area contributed by atoms with Crippen LogP contribution in [0.1, 0.15) is 46.6 Å². The minimum Gasteiger partial charge on any atom is -0.508 e. The molecule has 0 aliphatic carbocycles. The zero-order valence-electron chi connectivity index (χ0n) is 15.8. The zero-order valence-corrected chi connectivity index (χ0v) is 15.8. The number of aromatic hydroxyl groups is 1. The molecule has 6 nitrogen and oxygen atoms in total. The maximum atomic E-state index is 12.3. The van der Waals surface area contributed by atoms with E-state index in [0.717, 1.165) is 18.4 Å². The molecule has 0 aliphatic heterocycles. The molecule has 25 heavy (non-hydrogen) atoms. The van der Waals surface area contributed by atoms with E-state index in [0.29, 0.717) is 6.54 Å². The molecular weight excluding hydrogens is 320 g/mol. The summed E-state index contributed by atoms with van der Waals surface area (Å²) in [5, 5.41) is 14.7. The Labute approximate surface area is 150 Å². The third kappa shape index (κ3) is 8.42. The average Bonchev–Trinajstić information content (AvgIpc) is 2.48. The molecule has 0 saturated carbocycles. The van der Waals surface area contributed by atoms with Crippen LogP contribution in [-0.4, -0.2) is 35.3 Å². The molecule has 0 bridgehead atoms. The van der Waals surface area contributed by atoms with Crippen molar-refractivity contribution in [1.82, 2.24) is 10.6 Å². The summed E-state index contributed by atoms with van der Waals surface area (Å²) in [6.07, 6.45) is 0.977. The van der Waals surface area contributed by atoms with Crippen LogP contribution in [0, 0.1) is 5.92 Å². The van der Waals surface area contributed by atoms with Crippen LogP contribution in [0.4, 0.5) is 4.79 Å². The lowest BCUT2D eigenvalue weighted by molar-refractivity contribution is -0.124. The Balaban J connectivity index is 2.42. The van der Waals surface area contributed by atoms with Gasteiger partial charge in [0.1, 0.15) is 17.4 Å². The van der Waals surface area contributed by atoms with Gasteiger partial charge in [0.25, 0.3) is 0 Å². The second-order valence-corrected chi connectivity index (χ2v) is 7.43. The molecule has 1 atom stereocenters. The van der Waals surface area contributed by atoms with E-state index in [4.69, 9.17) is 4.74 Å². The number of carbonyl (C=O) groups is 2. The number of phenols is 1. The van der Waals surface area contributed by atoms with Crippen LogP contribution in [0.25, 0.3) is 0 Å². The van der Waals surface area contributed by atoms with Gasteiger partial charge in [-0.05, 0) is 57.2 Å². The normalized spacial score (nSPS) is 12.6. The number of amides is 2. The molecule has 140 valence electrons. The van der Waals surface area contributed by atoms with Crippen molar-refractivity contribution in [1.29, 1.82) is 0 Å². The highest BCUT2D eigenvalue weighted by Crippen LogP contribution is 2.11. The number of carbonyl (C=O) groups excluding carboxylic acids is 2. The number of nitrogens with one attached hydrogen (secondary N) is 2. The van der Waals surface area contributed by atoms with Crippen LogP contribution in [0.5, 0.6) is 5.75 Å². The lowest BCUT2D eigenvalue weighted by atomic mass is 10.0. The third-order valence-electron chi connectivity index (χ3n) is 3.50. The molecule has 2 amide bonds. The van der Waals surface area contributed by atoms with Crippen LogP contribution in [-0.2, 0) is 16.0 Å². The van der Waals surface area contributed by atoms with Gasteiger partial charge in [-0.1, -0.05) is 26.0 Å². The van der Waals surface area contributed by atoms with Gasteiger partial charge in [-0.3, -0.25) is 4.79 Å². The van der Waals surface area contributed by atoms with Gasteiger partial charge in [-0.25, -0.2) is 4.79 Å². The first-order chi connectivity index (χ1) is 11.6. The highest BCUT2D eigenvalue weighted by Gasteiger charge is 2.26. The first kappa shape index (κ1) is 20.8. The van der Waals surface area contributed by atoms with Gasteiger partial charge in [0.2, 0.25) is 5.91 Å². The largest absolute Gasteiger partial charge is 0.508 e. The van der Waals surface area contributed by atoms with E-state index >= 15 is 0 Å². The van der Waals surface area contributed by atoms with Crippen molar-refractivity contribution in [2.45, 2.75) is 59.1 Å². The van der Waals surface area contributed by atoms with Gasteiger partial charge in [-0.2, -0.15) is 0 Å². The van der Waals surface area contributed by atoms with E-state index in [1.165, 1.54) is 0 Å². The van der Waals surface area contributed by atoms with Crippen LogP contribution in [0.15, 0.2) is 24.3 Å². The van der Waals surface area contributed by atoms with E-state index in [1.807, 2.05) is 26.0 Å². The molecule has 0 heterocycles. The molecule has 1 rings (SSSR count). The molecule has 0 aromatic heterocycles. The Hall–Kier alpha value is -2.24. The van der Waals surface area contributed by atoms with Gasteiger partial charge in [0.05, 0.1) is 0 Å². The molecular formula is C19H30N2O4. The van der Waals surface area contributed by atoms with E-state index in [2.05, 4.69) is 10.6 Å². The predicted octanol–water partition coefficient (Wildman–Crippen LogP) is 2.99. The third-order valence-corrected chi connectivity index (χ3v) is 3.50. The van der Waals surface area contributed by atoms with Gasteiger partial charge in [0.15, 0.2) is 0 Å². The maximum Gasteiger partial charge on any atom is 0.408 e. The molecule has 0 spiro atoms. The van der Waals surface area contributed by atoms with Crippen LogP contribution in [0.3, 0.4) is 0 Å². The summed E-state index contributed by atoms with van der Waals surface area (Å²) in [5.41, 5.74) is 0.492. The number of aryl methyl sites for hydroxylation is 1. The standard InChI is InChI=1S/C19H30N2O4/c1-13(2)16(21-18(24)25-19(3,4)5)17(23)20-12-6-7-14-8-10-15(22)11-9-14/h8-11,13,16,22H,6-7,12H2,1-5H3,(H,20,23)(H,21,24). The fraction of sp³-hybridized carbons (Fsp3) is 0.579. The number of hydrogen-bond donors (Lipinski definition) is 3. The summed E-state index contributed by atoms with van der Waals surface area (Å²) in [6, 6.07) is 6.38. The van der Waals surface area contributed by atoms with E-state index in [-0.39, 0.29) is 17.6 Å². The Kier molecular flexibility index (Phi) is 7.74. The molecule has 0 radical (unpaired) electrons. The smallest absolute Gasteiger partial charge is 0.408 e. The Bertz CT molecular complexity index is 562. The molecule has 0 saturated heterocycles. The number of alkyl carbamates (subject to hydrolysis) is 1. The Morgan fingerprint density at radius 2 is 1.76 bits per heavy atom. The number of rotatable bonds is 7. The maximum absolute atomic E-state index is 12.3. The fourth-order valence-electron chi connectivity index (χ4n) is 2.25. The van der Waals surface area contributed by atoms with Crippen molar-refractivity contribution in [2.24, 2.45) is 5.92 Å². The van der Waals surface area contributed by atoms with Crippen LogP contribution < -0.4 is 10.6 Å². The molecule has 1 aromatic carbocycles. The number of hydrogen-bond acceptors (Lipinski definition) is 4. The van der Waals surface area contributed by atoms with E-state index in [9.17, 15) is 14.7 Å². The summed E-state index contributed by atoms with van der Waals surface area (Å²) in [7, 11) is 0. The van der Waals surface area contributed by atoms with Crippen molar-refractivity contribution in [3.63, 3.8) is 0 Å². The molecule has 0 fully saturated rings. The Morgan fingerprint density at radius 1 is 1.16 bits per heavy atom. The van der Waals surface area contributed by atoms with Crippen molar-refractivity contribution in [2.75, 3.05) is 6.54 Å². The van der Waals surface area contributed by atoms with Gasteiger partial charge >= 0.3 is 6.09 Å². The predicted molar refractivity (Wildman–Crippen MR) is 97.4 cm³/mol. The number of benzene rings is 1. The second kappa shape index (κ2) is 9.30. The van der Waals surface area contributed by atoms with Gasteiger partial charge in [0, 0.05) is 6.54 Å². The van der Waals surface area contributed by atoms with Crippen LogP contribution in [0.2, 0.25) is 0 Å². The SMILES string of the molecule is CC(C)C(NC(=O)OC(C)(C)C)C(=O)NCCCc1ccc(O)cc1. The molecule has 6 heteroatoms. The molecule has 0 aliphatic rings. The summed E-state index contributed by atoms with van der Waals surface area (Å²) < 4.78 is 5.21. The minimum absolute atomic E-state index is 0.0513. The zero-order chi connectivity index (χ0) is 19.0. The molecule has 1 aromatic rings. The van der Waals surface area contributed by atoms with Crippen molar-refractivity contribution < 1.29 is 19.4 Å². The van der Waals surface area contributed by atoms with Crippen LogP contribution >= 0.6 is 0 Å². The first-order valence-electron chi connectivity index (χ1n) is 8.63. The topological polar surface area (TPSA) is 87.7 Å². The van der Waals surface area contributed by atoms with Crippen molar-refractivity contribution in [3.8, 4) is 5.75 Å². The van der Waals surface area contributed by atoms with Crippen molar-refractivity contribution in [3.05, 3.63) is 29.8 Å². The summed E-state index contributed by atoms with van der Waals surface area (Å²) in [5.74, 6) is -0.0266. The Morgan fingerprint density at radius 3 is 2.28 bits per heavy atom. The number of phenolic OH excluding ortho intramolecular Hbond substituents is 1. The monoisotopic (exact) mass is 350 g/mol. The highest BCUT2D eigenvalue weighted by atomic mass is 16.6. The number of ether oxygens (including phenoxy) is 1. The first-order valence-corrected chi connectivity index (χ1v) is 8.63. The van der Waals surface area contributed by atoms with Gasteiger partial charge < -0.3 is 20.5 Å². The summed E-state index contributed by atoms with van der Waals surface area (Å²) in [6.45, 7) is 9.59. The quantitative estimate of drug-likeness (QED) is 0.660.